The smallest absolute Gasteiger partial charge is 0.266 e. The zero-order chi connectivity index (χ0) is 15.5. The van der Waals surface area contributed by atoms with Crippen molar-refractivity contribution in [1.82, 2.24) is 9.38 Å². The number of rotatable bonds is 4. The lowest BCUT2D eigenvalue weighted by Crippen LogP contribution is -2.20. The number of hydrogen-bond donors (Lipinski definition) is 0. The Bertz CT molecular complexity index is 850. The molecule has 2 aromatic heterocycles. The first-order chi connectivity index (χ1) is 10.7. The minimum Gasteiger partial charge on any atom is -0.268 e. The van der Waals surface area contributed by atoms with Gasteiger partial charge in [-0.1, -0.05) is 43.7 Å². The zero-order valence-electron chi connectivity index (χ0n) is 13.0. The van der Waals surface area contributed by atoms with Gasteiger partial charge in [0.1, 0.15) is 5.65 Å². The Morgan fingerprint density at radius 2 is 2.09 bits per heavy atom. The van der Waals surface area contributed by atoms with Crippen LogP contribution >= 0.6 is 0 Å². The summed E-state index contributed by atoms with van der Waals surface area (Å²) in [6, 6.07) is 14.7. The van der Waals surface area contributed by atoms with Crippen LogP contribution in [-0.4, -0.2) is 9.38 Å². The predicted octanol–water partition coefficient (Wildman–Crippen LogP) is 3.81. The highest BCUT2D eigenvalue weighted by Crippen LogP contribution is 2.20. The highest BCUT2D eigenvalue weighted by molar-refractivity contribution is 5.66. The van der Waals surface area contributed by atoms with Crippen molar-refractivity contribution in [3.8, 4) is 11.1 Å². The molecule has 1 radical (unpaired) electrons. The number of aromatic nitrogens is 2. The molecule has 111 valence electrons. The van der Waals surface area contributed by atoms with E-state index in [1.54, 1.807) is 4.40 Å². The lowest BCUT2D eigenvalue weighted by atomic mass is 10.0. The summed E-state index contributed by atoms with van der Waals surface area (Å²) >= 11 is 0. The van der Waals surface area contributed by atoms with Gasteiger partial charge in [0.25, 0.3) is 5.56 Å². The number of benzene rings is 1. The van der Waals surface area contributed by atoms with Crippen LogP contribution in [0.4, 0.5) is 0 Å². The van der Waals surface area contributed by atoms with Gasteiger partial charge >= 0.3 is 0 Å². The fraction of sp³-hybridized carbons (Fsp3) is 0.263. The molecule has 3 heteroatoms. The number of nitrogens with zero attached hydrogens (tertiary/aromatic N) is 2. The van der Waals surface area contributed by atoms with Crippen LogP contribution in [0.5, 0.6) is 0 Å². The van der Waals surface area contributed by atoms with Crippen molar-refractivity contribution in [2.24, 2.45) is 0 Å². The third-order valence-electron chi connectivity index (χ3n) is 3.79. The van der Waals surface area contributed by atoms with Crippen LogP contribution in [-0.2, 0) is 6.42 Å². The number of hydrogen-bond acceptors (Lipinski definition) is 2. The Morgan fingerprint density at radius 1 is 1.23 bits per heavy atom. The predicted molar refractivity (Wildman–Crippen MR) is 89.1 cm³/mol. The van der Waals surface area contributed by atoms with E-state index in [4.69, 9.17) is 4.98 Å². The van der Waals surface area contributed by atoms with Gasteiger partial charge in [-0.05, 0) is 43.0 Å². The molecular formula is C19H19N2O. The van der Waals surface area contributed by atoms with Gasteiger partial charge in [-0.15, -0.1) is 0 Å². The molecule has 0 spiro atoms. The van der Waals surface area contributed by atoms with Crippen molar-refractivity contribution < 1.29 is 0 Å². The molecule has 2 heterocycles. The molecule has 0 fully saturated rings. The largest absolute Gasteiger partial charge is 0.268 e. The molecule has 1 aromatic carbocycles. The van der Waals surface area contributed by atoms with Gasteiger partial charge in [0.05, 0.1) is 11.3 Å². The molecule has 0 saturated heterocycles. The van der Waals surface area contributed by atoms with Crippen LogP contribution in [0.1, 0.15) is 31.0 Å². The second kappa shape index (κ2) is 6.14. The third kappa shape index (κ3) is 2.67. The SMILES string of the molecule is CCCCc1nc2ccc(C)cn2c(=O)c1-c1[c]cccc1. The van der Waals surface area contributed by atoms with Gasteiger partial charge in [0.2, 0.25) is 0 Å². The van der Waals surface area contributed by atoms with Gasteiger partial charge in [-0.3, -0.25) is 9.20 Å². The number of pyridine rings is 1. The Hall–Kier alpha value is -2.42. The minimum absolute atomic E-state index is 0.0118. The van der Waals surface area contributed by atoms with Gasteiger partial charge in [0, 0.05) is 6.20 Å². The van der Waals surface area contributed by atoms with Crippen molar-refractivity contribution >= 4 is 5.65 Å². The van der Waals surface area contributed by atoms with Crippen molar-refractivity contribution in [1.29, 1.82) is 0 Å². The van der Waals surface area contributed by atoms with Crippen LogP contribution in [0.25, 0.3) is 16.8 Å². The van der Waals surface area contributed by atoms with E-state index < -0.39 is 0 Å². The van der Waals surface area contributed by atoms with Crippen LogP contribution in [0, 0.1) is 13.0 Å². The molecule has 3 rings (SSSR count). The Labute approximate surface area is 130 Å². The average Bonchev–Trinajstić information content (AvgIpc) is 2.54. The fourth-order valence-corrected chi connectivity index (χ4v) is 2.64. The summed E-state index contributed by atoms with van der Waals surface area (Å²) in [7, 11) is 0. The summed E-state index contributed by atoms with van der Waals surface area (Å²) in [5, 5.41) is 0. The van der Waals surface area contributed by atoms with Crippen LogP contribution in [0.3, 0.4) is 0 Å². The third-order valence-corrected chi connectivity index (χ3v) is 3.79. The summed E-state index contributed by atoms with van der Waals surface area (Å²) in [4.78, 5) is 17.7. The van der Waals surface area contributed by atoms with E-state index in [0.29, 0.717) is 11.2 Å². The highest BCUT2D eigenvalue weighted by Gasteiger charge is 2.14. The maximum absolute atomic E-state index is 13.0. The summed E-state index contributed by atoms with van der Waals surface area (Å²) in [6.07, 6.45) is 4.76. The van der Waals surface area contributed by atoms with Crippen LogP contribution < -0.4 is 5.56 Å². The Balaban J connectivity index is 2.30. The number of fused-ring (bicyclic) bond motifs is 1. The first-order valence-corrected chi connectivity index (χ1v) is 7.69. The van der Waals surface area contributed by atoms with Crippen molar-refractivity contribution in [3.05, 3.63) is 70.3 Å². The van der Waals surface area contributed by atoms with Gasteiger partial charge in [0.15, 0.2) is 0 Å². The lowest BCUT2D eigenvalue weighted by molar-refractivity contribution is 0.774. The Morgan fingerprint density at radius 3 is 2.82 bits per heavy atom. The lowest BCUT2D eigenvalue weighted by Gasteiger charge is -2.11. The molecule has 3 nitrogen and oxygen atoms in total. The quantitative estimate of drug-likeness (QED) is 0.732. The standard InChI is InChI=1S/C19H19N2O/c1-3-4-10-16-18(15-8-6-5-7-9-15)19(22)21-13-14(2)11-12-17(21)20-16/h5-8,11-13H,3-4,10H2,1-2H3. The van der Waals surface area contributed by atoms with E-state index in [1.165, 1.54) is 0 Å². The second-order valence-electron chi connectivity index (χ2n) is 5.55. The van der Waals surface area contributed by atoms with E-state index in [2.05, 4.69) is 13.0 Å². The molecule has 0 N–H and O–H groups in total. The monoisotopic (exact) mass is 291 g/mol. The first-order valence-electron chi connectivity index (χ1n) is 7.69. The minimum atomic E-state index is -0.0118. The molecule has 0 aliphatic rings. The summed E-state index contributed by atoms with van der Waals surface area (Å²) in [5.41, 5.74) is 4.11. The maximum Gasteiger partial charge on any atom is 0.266 e. The summed E-state index contributed by atoms with van der Waals surface area (Å²) in [6.45, 7) is 4.12. The molecule has 0 atom stereocenters. The molecule has 0 bridgehead atoms. The average molecular weight is 291 g/mol. The van der Waals surface area contributed by atoms with Crippen LogP contribution in [0.2, 0.25) is 0 Å². The topological polar surface area (TPSA) is 34.4 Å². The van der Waals surface area contributed by atoms with Crippen LogP contribution in [0.15, 0.2) is 47.4 Å². The number of aryl methyl sites for hydroxylation is 2. The summed E-state index contributed by atoms with van der Waals surface area (Å²) in [5.74, 6) is 0. The van der Waals surface area contributed by atoms with Gasteiger partial charge in [-0.2, -0.15) is 0 Å². The number of unbranched alkanes of at least 4 members (excludes halogenated alkanes) is 1. The van der Waals surface area contributed by atoms with Gasteiger partial charge < -0.3 is 0 Å². The van der Waals surface area contributed by atoms with E-state index >= 15 is 0 Å². The van der Waals surface area contributed by atoms with E-state index in [0.717, 1.165) is 36.1 Å². The molecule has 0 saturated carbocycles. The highest BCUT2D eigenvalue weighted by atomic mass is 16.1. The van der Waals surface area contributed by atoms with Crippen molar-refractivity contribution in [2.75, 3.05) is 0 Å². The maximum atomic E-state index is 13.0. The second-order valence-corrected chi connectivity index (χ2v) is 5.55. The molecule has 22 heavy (non-hydrogen) atoms. The molecule has 3 aromatic rings. The van der Waals surface area contributed by atoms with Crippen molar-refractivity contribution in [3.63, 3.8) is 0 Å². The van der Waals surface area contributed by atoms with E-state index in [-0.39, 0.29) is 5.56 Å². The first kappa shape index (κ1) is 14.5. The molecule has 0 aliphatic heterocycles. The van der Waals surface area contributed by atoms with E-state index in [9.17, 15) is 4.79 Å². The zero-order valence-corrected chi connectivity index (χ0v) is 13.0. The van der Waals surface area contributed by atoms with E-state index in [1.807, 2.05) is 49.5 Å². The molecule has 0 amide bonds. The molecule has 0 aliphatic carbocycles. The molecule has 0 unspecified atom stereocenters. The normalized spacial score (nSPS) is 11.0. The summed E-state index contributed by atoms with van der Waals surface area (Å²) < 4.78 is 1.64. The molecular weight excluding hydrogens is 272 g/mol. The Kier molecular flexibility index (Phi) is 4.05. The van der Waals surface area contributed by atoms with Crippen molar-refractivity contribution in [2.45, 2.75) is 33.1 Å². The fourth-order valence-electron chi connectivity index (χ4n) is 2.64. The van der Waals surface area contributed by atoms with Gasteiger partial charge in [-0.25, -0.2) is 4.98 Å².